The van der Waals surface area contributed by atoms with Gasteiger partial charge in [-0.3, -0.25) is 4.90 Å². The fraction of sp³-hybridized carbons (Fsp3) is 1.00. The minimum atomic E-state index is -4.08. The molecule has 0 heterocycles. The summed E-state index contributed by atoms with van der Waals surface area (Å²) in [6.07, 6.45) is -1.20. The Morgan fingerprint density at radius 1 is 1.14 bits per heavy atom. The predicted octanol–water partition coefficient (Wildman–Crippen LogP) is 3.44. The van der Waals surface area contributed by atoms with Crippen molar-refractivity contribution in [2.24, 2.45) is 0 Å². The van der Waals surface area contributed by atoms with Crippen LogP contribution < -0.4 is 0 Å². The van der Waals surface area contributed by atoms with E-state index in [2.05, 4.69) is 15.9 Å². The lowest BCUT2D eigenvalue weighted by atomic mass is 10.2. The van der Waals surface area contributed by atoms with Crippen LogP contribution in [0.15, 0.2) is 0 Å². The van der Waals surface area contributed by atoms with Gasteiger partial charge >= 0.3 is 6.18 Å². The van der Waals surface area contributed by atoms with Crippen molar-refractivity contribution in [3.05, 3.63) is 0 Å². The number of rotatable bonds is 7. The van der Waals surface area contributed by atoms with Crippen LogP contribution in [0.2, 0.25) is 0 Å². The molecule has 0 aliphatic heterocycles. The molecule has 0 aromatic heterocycles. The number of alkyl halides is 4. The SMILES string of the molecule is CCCCCN(CCBr)CC(F)(F)F. The van der Waals surface area contributed by atoms with Crippen LogP contribution in [0.3, 0.4) is 0 Å². The van der Waals surface area contributed by atoms with Gasteiger partial charge in [-0.1, -0.05) is 35.7 Å². The Labute approximate surface area is 91.8 Å². The molecular weight excluding hydrogens is 259 g/mol. The van der Waals surface area contributed by atoms with Crippen LogP contribution in [-0.4, -0.2) is 36.0 Å². The molecule has 0 aromatic rings. The van der Waals surface area contributed by atoms with Gasteiger partial charge in [0.25, 0.3) is 0 Å². The molecule has 0 saturated carbocycles. The van der Waals surface area contributed by atoms with Crippen LogP contribution in [-0.2, 0) is 0 Å². The van der Waals surface area contributed by atoms with Crippen molar-refractivity contribution < 1.29 is 13.2 Å². The molecule has 5 heteroatoms. The monoisotopic (exact) mass is 275 g/mol. The summed E-state index contributed by atoms with van der Waals surface area (Å²) in [5, 5.41) is 0.592. The van der Waals surface area contributed by atoms with Crippen LogP contribution in [0.5, 0.6) is 0 Å². The van der Waals surface area contributed by atoms with E-state index in [1.807, 2.05) is 6.92 Å². The molecule has 0 rings (SSSR count). The maximum atomic E-state index is 12.1. The molecule has 0 aromatic carbocycles. The molecule has 0 N–H and O–H groups in total. The van der Waals surface area contributed by atoms with E-state index in [-0.39, 0.29) is 0 Å². The fourth-order valence-electron chi connectivity index (χ4n) is 1.23. The lowest BCUT2D eigenvalue weighted by molar-refractivity contribution is -0.145. The first kappa shape index (κ1) is 14.2. The van der Waals surface area contributed by atoms with Crippen LogP contribution in [0.4, 0.5) is 13.2 Å². The number of hydrogen-bond acceptors (Lipinski definition) is 1. The van der Waals surface area contributed by atoms with Gasteiger partial charge < -0.3 is 0 Å². The summed E-state index contributed by atoms with van der Waals surface area (Å²) in [6, 6.07) is 0. The molecule has 0 fully saturated rings. The number of hydrogen-bond donors (Lipinski definition) is 0. The molecule has 0 atom stereocenters. The van der Waals surface area contributed by atoms with Crippen molar-refractivity contribution in [2.75, 3.05) is 25.0 Å². The largest absolute Gasteiger partial charge is 0.401 e. The first-order chi connectivity index (χ1) is 6.49. The second-order valence-electron chi connectivity index (χ2n) is 3.29. The zero-order valence-corrected chi connectivity index (χ0v) is 9.99. The summed E-state index contributed by atoms with van der Waals surface area (Å²) >= 11 is 3.16. The van der Waals surface area contributed by atoms with Gasteiger partial charge in [-0.2, -0.15) is 13.2 Å². The smallest absolute Gasteiger partial charge is 0.294 e. The second-order valence-corrected chi connectivity index (χ2v) is 4.08. The minimum Gasteiger partial charge on any atom is -0.294 e. The standard InChI is InChI=1S/C9H17BrF3N/c1-2-3-4-6-14(7-5-10)8-9(11,12)13/h2-8H2,1H3. The fourth-order valence-corrected chi connectivity index (χ4v) is 1.73. The predicted molar refractivity (Wildman–Crippen MR) is 55.8 cm³/mol. The van der Waals surface area contributed by atoms with Gasteiger partial charge in [-0.15, -0.1) is 0 Å². The molecular formula is C9H17BrF3N. The molecule has 0 spiro atoms. The average Bonchev–Trinajstić information content (AvgIpc) is 2.02. The topological polar surface area (TPSA) is 3.24 Å². The molecule has 0 aliphatic carbocycles. The number of nitrogens with zero attached hydrogens (tertiary/aromatic N) is 1. The molecule has 0 saturated heterocycles. The molecule has 0 radical (unpaired) electrons. The van der Waals surface area contributed by atoms with E-state index in [9.17, 15) is 13.2 Å². The van der Waals surface area contributed by atoms with E-state index in [4.69, 9.17) is 0 Å². The van der Waals surface area contributed by atoms with Gasteiger partial charge in [0.15, 0.2) is 0 Å². The summed E-state index contributed by atoms with van der Waals surface area (Å²) in [5.74, 6) is 0. The molecule has 14 heavy (non-hydrogen) atoms. The average molecular weight is 276 g/mol. The van der Waals surface area contributed by atoms with E-state index in [1.54, 1.807) is 0 Å². The summed E-state index contributed by atoms with van der Waals surface area (Å²) in [4.78, 5) is 1.45. The zero-order valence-electron chi connectivity index (χ0n) is 8.41. The number of halogens is 4. The van der Waals surface area contributed by atoms with Gasteiger partial charge in [-0.25, -0.2) is 0 Å². The first-order valence-electron chi connectivity index (χ1n) is 4.84. The highest BCUT2D eigenvalue weighted by Gasteiger charge is 2.29. The van der Waals surface area contributed by atoms with Crippen LogP contribution in [0.1, 0.15) is 26.2 Å². The van der Waals surface area contributed by atoms with E-state index < -0.39 is 12.7 Å². The van der Waals surface area contributed by atoms with Gasteiger partial charge in [0.05, 0.1) is 6.54 Å². The quantitative estimate of drug-likeness (QED) is 0.508. The molecule has 0 aliphatic rings. The third-order valence-corrected chi connectivity index (χ3v) is 2.24. The van der Waals surface area contributed by atoms with Crippen LogP contribution in [0.25, 0.3) is 0 Å². The Morgan fingerprint density at radius 2 is 1.79 bits per heavy atom. The summed E-state index contributed by atoms with van der Waals surface area (Å²) in [7, 11) is 0. The Balaban J connectivity index is 3.77. The molecule has 0 bridgehead atoms. The van der Waals surface area contributed by atoms with E-state index in [0.717, 1.165) is 19.3 Å². The maximum absolute atomic E-state index is 12.1. The maximum Gasteiger partial charge on any atom is 0.401 e. The van der Waals surface area contributed by atoms with Crippen molar-refractivity contribution in [3.63, 3.8) is 0 Å². The zero-order chi connectivity index (χ0) is 11.0. The normalized spacial score (nSPS) is 12.4. The second kappa shape index (κ2) is 7.51. The Morgan fingerprint density at radius 3 is 2.21 bits per heavy atom. The summed E-state index contributed by atoms with van der Waals surface area (Å²) in [6.45, 7) is 2.25. The highest BCUT2D eigenvalue weighted by molar-refractivity contribution is 9.09. The van der Waals surface area contributed by atoms with Crippen molar-refractivity contribution in [1.29, 1.82) is 0 Å². The molecule has 0 amide bonds. The van der Waals surface area contributed by atoms with Crippen molar-refractivity contribution in [1.82, 2.24) is 4.90 Å². The highest BCUT2D eigenvalue weighted by atomic mass is 79.9. The Bertz CT molecular complexity index is 139. The van der Waals surface area contributed by atoms with Crippen molar-refractivity contribution >= 4 is 15.9 Å². The van der Waals surface area contributed by atoms with Gasteiger partial charge in [-0.05, 0) is 13.0 Å². The van der Waals surface area contributed by atoms with Crippen molar-refractivity contribution in [2.45, 2.75) is 32.4 Å². The minimum absolute atomic E-state index is 0.462. The van der Waals surface area contributed by atoms with E-state index in [1.165, 1.54) is 4.90 Å². The molecule has 1 nitrogen and oxygen atoms in total. The van der Waals surface area contributed by atoms with Crippen LogP contribution in [0, 0.1) is 0 Å². The van der Waals surface area contributed by atoms with E-state index >= 15 is 0 Å². The highest BCUT2D eigenvalue weighted by Crippen LogP contribution is 2.16. The van der Waals surface area contributed by atoms with Crippen LogP contribution >= 0.6 is 15.9 Å². The van der Waals surface area contributed by atoms with Crippen molar-refractivity contribution in [3.8, 4) is 0 Å². The Hall–Kier alpha value is 0.230. The lowest BCUT2D eigenvalue weighted by Gasteiger charge is -2.22. The summed E-state index contributed by atoms with van der Waals surface area (Å²) in [5.41, 5.74) is 0. The van der Waals surface area contributed by atoms with E-state index in [0.29, 0.717) is 18.4 Å². The van der Waals surface area contributed by atoms with Gasteiger partial charge in [0.1, 0.15) is 0 Å². The lowest BCUT2D eigenvalue weighted by Crippen LogP contribution is -2.36. The molecule has 86 valence electrons. The number of unbranched alkanes of at least 4 members (excludes halogenated alkanes) is 2. The van der Waals surface area contributed by atoms with Gasteiger partial charge in [0, 0.05) is 11.9 Å². The Kier molecular flexibility index (Phi) is 7.64. The summed E-state index contributed by atoms with van der Waals surface area (Å²) < 4.78 is 36.2. The van der Waals surface area contributed by atoms with Gasteiger partial charge in [0.2, 0.25) is 0 Å². The third-order valence-electron chi connectivity index (χ3n) is 1.88. The third kappa shape index (κ3) is 8.81. The first-order valence-corrected chi connectivity index (χ1v) is 5.97. The molecule has 0 unspecified atom stereocenters.